The molecule has 0 radical (unpaired) electrons. The number of hydrogen-bond acceptors (Lipinski definition) is 4. The van der Waals surface area contributed by atoms with E-state index in [1.54, 1.807) is 0 Å². The molecule has 0 amide bonds. The number of hydrogen-bond donors (Lipinski definition) is 1. The Balaban J connectivity index is 2.25. The van der Waals surface area contributed by atoms with Crippen molar-refractivity contribution in [1.82, 2.24) is 14.8 Å². The molecule has 2 aromatic rings. The number of aryl methyl sites for hydroxylation is 1. The number of rotatable bonds is 3. The van der Waals surface area contributed by atoms with Crippen LogP contribution in [0.15, 0.2) is 28.3 Å². The van der Waals surface area contributed by atoms with Crippen molar-refractivity contribution in [3.8, 4) is 0 Å². The molecule has 1 aromatic heterocycles. The standard InChI is InChI=1S/C12H15ClN4S/c1-7(14)10-5-4-9(6-11(10)13)18-12-16-15-8(2)17(12)3/h4-7H,14H2,1-3H3. The second kappa shape index (κ2) is 5.30. The molecule has 6 heteroatoms. The molecular formula is C12H15ClN4S. The van der Waals surface area contributed by atoms with E-state index in [0.717, 1.165) is 21.4 Å². The average Bonchev–Trinajstić information content (AvgIpc) is 2.61. The van der Waals surface area contributed by atoms with Gasteiger partial charge < -0.3 is 10.3 Å². The minimum atomic E-state index is -0.0615. The summed E-state index contributed by atoms with van der Waals surface area (Å²) in [5.74, 6) is 0.885. The average molecular weight is 283 g/mol. The van der Waals surface area contributed by atoms with Crippen LogP contribution in [-0.4, -0.2) is 14.8 Å². The number of benzene rings is 1. The summed E-state index contributed by atoms with van der Waals surface area (Å²) < 4.78 is 1.94. The zero-order valence-corrected chi connectivity index (χ0v) is 12.1. The molecule has 0 saturated carbocycles. The monoisotopic (exact) mass is 282 g/mol. The van der Waals surface area contributed by atoms with Crippen LogP contribution >= 0.6 is 23.4 Å². The van der Waals surface area contributed by atoms with Gasteiger partial charge in [0.2, 0.25) is 0 Å². The van der Waals surface area contributed by atoms with Crippen molar-refractivity contribution in [2.24, 2.45) is 12.8 Å². The van der Waals surface area contributed by atoms with Crippen molar-refractivity contribution >= 4 is 23.4 Å². The van der Waals surface area contributed by atoms with Gasteiger partial charge in [-0.15, -0.1) is 10.2 Å². The summed E-state index contributed by atoms with van der Waals surface area (Å²) in [6.45, 7) is 3.84. The Kier molecular flexibility index (Phi) is 3.94. The molecule has 0 fully saturated rings. The van der Waals surface area contributed by atoms with Crippen LogP contribution < -0.4 is 5.73 Å². The van der Waals surface area contributed by atoms with E-state index in [0.29, 0.717) is 5.02 Å². The molecule has 1 heterocycles. The van der Waals surface area contributed by atoms with Gasteiger partial charge >= 0.3 is 0 Å². The molecule has 18 heavy (non-hydrogen) atoms. The maximum Gasteiger partial charge on any atom is 0.195 e. The topological polar surface area (TPSA) is 56.7 Å². The number of nitrogens with zero attached hydrogens (tertiary/aromatic N) is 3. The summed E-state index contributed by atoms with van der Waals surface area (Å²) in [6, 6.07) is 5.81. The molecule has 0 bridgehead atoms. The van der Waals surface area contributed by atoms with E-state index in [9.17, 15) is 0 Å². The van der Waals surface area contributed by atoms with Crippen molar-refractivity contribution < 1.29 is 0 Å². The van der Waals surface area contributed by atoms with Gasteiger partial charge in [-0.1, -0.05) is 17.7 Å². The first-order valence-electron chi connectivity index (χ1n) is 5.58. The van der Waals surface area contributed by atoms with Gasteiger partial charge in [-0.25, -0.2) is 0 Å². The molecule has 1 atom stereocenters. The van der Waals surface area contributed by atoms with Crippen LogP contribution in [0.2, 0.25) is 5.02 Å². The minimum Gasteiger partial charge on any atom is -0.324 e. The fourth-order valence-corrected chi connectivity index (χ4v) is 2.81. The van der Waals surface area contributed by atoms with Crippen molar-refractivity contribution in [3.05, 3.63) is 34.6 Å². The van der Waals surface area contributed by atoms with E-state index < -0.39 is 0 Å². The predicted octanol–water partition coefficient (Wildman–Crippen LogP) is 2.95. The Morgan fingerprint density at radius 1 is 1.39 bits per heavy atom. The highest BCUT2D eigenvalue weighted by molar-refractivity contribution is 7.99. The van der Waals surface area contributed by atoms with E-state index in [4.69, 9.17) is 17.3 Å². The second-order valence-electron chi connectivity index (χ2n) is 4.16. The SMILES string of the molecule is Cc1nnc(Sc2ccc(C(C)N)c(Cl)c2)n1C. The van der Waals surface area contributed by atoms with Crippen molar-refractivity contribution in [2.75, 3.05) is 0 Å². The molecule has 1 aromatic carbocycles. The Labute approximate surface area is 116 Å². The maximum absolute atomic E-state index is 6.20. The molecule has 2 N–H and O–H groups in total. The molecule has 0 saturated heterocycles. The van der Waals surface area contributed by atoms with Crippen molar-refractivity contribution in [3.63, 3.8) is 0 Å². The normalized spacial score (nSPS) is 12.7. The molecular weight excluding hydrogens is 268 g/mol. The Bertz CT molecular complexity index is 565. The van der Waals surface area contributed by atoms with Gasteiger partial charge in [0.25, 0.3) is 0 Å². The Morgan fingerprint density at radius 2 is 2.11 bits per heavy atom. The zero-order chi connectivity index (χ0) is 13.3. The molecule has 96 valence electrons. The first-order chi connectivity index (χ1) is 8.49. The van der Waals surface area contributed by atoms with Crippen molar-refractivity contribution in [1.29, 1.82) is 0 Å². The second-order valence-corrected chi connectivity index (χ2v) is 5.61. The molecule has 0 aliphatic heterocycles. The smallest absolute Gasteiger partial charge is 0.195 e. The fraction of sp³-hybridized carbons (Fsp3) is 0.333. The molecule has 2 rings (SSSR count). The van der Waals surface area contributed by atoms with Crippen LogP contribution in [0.25, 0.3) is 0 Å². The van der Waals surface area contributed by atoms with Crippen LogP contribution in [0.4, 0.5) is 0 Å². The molecule has 0 aliphatic carbocycles. The van der Waals surface area contributed by atoms with Gasteiger partial charge in [0.15, 0.2) is 5.16 Å². The minimum absolute atomic E-state index is 0.0615. The number of aromatic nitrogens is 3. The maximum atomic E-state index is 6.20. The van der Waals surface area contributed by atoms with Crippen LogP contribution in [0, 0.1) is 6.92 Å². The third-order valence-corrected chi connectivity index (χ3v) is 4.08. The van der Waals surface area contributed by atoms with Crippen LogP contribution in [0.1, 0.15) is 24.4 Å². The number of halogens is 1. The number of nitrogens with two attached hydrogens (primary N) is 1. The highest BCUT2D eigenvalue weighted by Crippen LogP contribution is 2.31. The van der Waals surface area contributed by atoms with Crippen molar-refractivity contribution in [2.45, 2.75) is 29.9 Å². The van der Waals surface area contributed by atoms with Crippen LogP contribution in [-0.2, 0) is 7.05 Å². The highest BCUT2D eigenvalue weighted by atomic mass is 35.5. The van der Waals surface area contributed by atoms with Gasteiger partial charge in [0.05, 0.1) is 0 Å². The lowest BCUT2D eigenvalue weighted by Gasteiger charge is -2.09. The lowest BCUT2D eigenvalue weighted by Crippen LogP contribution is -2.05. The van der Waals surface area contributed by atoms with E-state index in [1.807, 2.05) is 43.7 Å². The highest BCUT2D eigenvalue weighted by Gasteiger charge is 2.10. The Morgan fingerprint density at radius 3 is 2.61 bits per heavy atom. The van der Waals surface area contributed by atoms with E-state index >= 15 is 0 Å². The largest absolute Gasteiger partial charge is 0.324 e. The third-order valence-electron chi connectivity index (χ3n) is 2.72. The third kappa shape index (κ3) is 2.68. The van der Waals surface area contributed by atoms with Gasteiger partial charge in [-0.05, 0) is 43.3 Å². The lowest BCUT2D eigenvalue weighted by molar-refractivity contribution is 0.765. The van der Waals surface area contributed by atoms with Crippen LogP contribution in [0.5, 0.6) is 0 Å². The van der Waals surface area contributed by atoms with Crippen LogP contribution in [0.3, 0.4) is 0 Å². The van der Waals surface area contributed by atoms with Gasteiger partial charge in [-0.2, -0.15) is 0 Å². The zero-order valence-electron chi connectivity index (χ0n) is 10.5. The summed E-state index contributed by atoms with van der Waals surface area (Å²) in [5, 5.41) is 9.66. The van der Waals surface area contributed by atoms with E-state index in [-0.39, 0.29) is 6.04 Å². The Hall–Kier alpha value is -1.04. The summed E-state index contributed by atoms with van der Waals surface area (Å²) in [5.41, 5.74) is 6.78. The summed E-state index contributed by atoms with van der Waals surface area (Å²) in [7, 11) is 1.94. The molecule has 1 unspecified atom stereocenters. The van der Waals surface area contributed by atoms with E-state index in [2.05, 4.69) is 10.2 Å². The quantitative estimate of drug-likeness (QED) is 0.940. The first kappa shape index (κ1) is 13.4. The summed E-state index contributed by atoms with van der Waals surface area (Å²) in [4.78, 5) is 1.03. The fourth-order valence-electron chi connectivity index (χ4n) is 1.52. The molecule has 0 aliphatic rings. The molecule has 4 nitrogen and oxygen atoms in total. The van der Waals surface area contributed by atoms with E-state index in [1.165, 1.54) is 11.8 Å². The predicted molar refractivity (Wildman–Crippen MR) is 73.9 cm³/mol. The molecule has 0 spiro atoms. The summed E-state index contributed by atoms with van der Waals surface area (Å²) >= 11 is 7.73. The van der Waals surface area contributed by atoms with Gasteiger partial charge in [0, 0.05) is 23.0 Å². The summed E-state index contributed by atoms with van der Waals surface area (Å²) in [6.07, 6.45) is 0. The van der Waals surface area contributed by atoms with Gasteiger partial charge in [0.1, 0.15) is 5.82 Å². The van der Waals surface area contributed by atoms with Gasteiger partial charge in [-0.3, -0.25) is 0 Å². The lowest BCUT2D eigenvalue weighted by atomic mass is 10.1. The first-order valence-corrected chi connectivity index (χ1v) is 6.77.